The Morgan fingerprint density at radius 1 is 1.12 bits per heavy atom. The highest BCUT2D eigenvalue weighted by Gasteiger charge is 2.12. The van der Waals surface area contributed by atoms with E-state index < -0.39 is 0 Å². The van der Waals surface area contributed by atoms with Crippen molar-refractivity contribution in [3.8, 4) is 17.2 Å². The van der Waals surface area contributed by atoms with E-state index >= 15 is 0 Å². The Balaban J connectivity index is 0.00000529. The molecule has 1 rings (SSSR count). The van der Waals surface area contributed by atoms with E-state index in [9.17, 15) is 4.79 Å². The van der Waals surface area contributed by atoms with E-state index in [1.165, 1.54) is 6.21 Å². The molecule has 0 aromatic heterocycles. The fraction of sp³-hybridized carbons (Fsp3) is 0.500. The van der Waals surface area contributed by atoms with Gasteiger partial charge in [-0.25, -0.2) is 5.43 Å². The minimum atomic E-state index is -0.155. The van der Waals surface area contributed by atoms with E-state index in [1.54, 1.807) is 33.5 Å². The Morgan fingerprint density at radius 3 is 2.08 bits per heavy atom. The number of carbonyl (C=O) groups excluding carboxylic acids is 1. The van der Waals surface area contributed by atoms with Crippen LogP contribution in [0, 0.1) is 0 Å². The molecule has 0 radical (unpaired) electrons. The number of methoxy groups -OCH3 is 3. The first-order valence-corrected chi connectivity index (χ1v) is 7.43. The van der Waals surface area contributed by atoms with Gasteiger partial charge in [-0.2, -0.15) is 5.10 Å². The summed E-state index contributed by atoms with van der Waals surface area (Å²) >= 11 is 0. The highest BCUT2D eigenvalue weighted by atomic mass is 35.5. The Kier molecular flexibility index (Phi) is 10.6. The third-order valence-electron chi connectivity index (χ3n) is 3.35. The summed E-state index contributed by atoms with van der Waals surface area (Å²) in [4.78, 5) is 13.8. The lowest BCUT2D eigenvalue weighted by atomic mass is 10.2. The van der Waals surface area contributed by atoms with Gasteiger partial charge in [-0.1, -0.05) is 13.8 Å². The van der Waals surface area contributed by atoms with Crippen LogP contribution in [0.4, 0.5) is 0 Å². The Morgan fingerprint density at radius 2 is 1.67 bits per heavy atom. The van der Waals surface area contributed by atoms with Crippen molar-refractivity contribution in [1.82, 2.24) is 10.3 Å². The monoisotopic (exact) mass is 359 g/mol. The summed E-state index contributed by atoms with van der Waals surface area (Å²) in [6.07, 6.45) is 1.53. The molecule has 0 heterocycles. The molecule has 0 saturated heterocycles. The number of hydrazone groups is 1. The van der Waals surface area contributed by atoms with Crippen molar-refractivity contribution in [3.05, 3.63) is 17.7 Å². The number of ether oxygens (including phenoxy) is 3. The molecule has 136 valence electrons. The summed E-state index contributed by atoms with van der Waals surface area (Å²) in [6, 6.07) is 3.50. The molecule has 1 N–H and O–H groups in total. The number of likely N-dealkylation sites (N-methyl/N-ethyl adjacent to an activating group) is 1. The van der Waals surface area contributed by atoms with Crippen LogP contribution in [0.15, 0.2) is 17.2 Å². The van der Waals surface area contributed by atoms with Gasteiger partial charge < -0.3 is 14.2 Å². The van der Waals surface area contributed by atoms with E-state index in [4.69, 9.17) is 14.2 Å². The highest BCUT2D eigenvalue weighted by molar-refractivity contribution is 5.85. The molecule has 7 nitrogen and oxygen atoms in total. The summed E-state index contributed by atoms with van der Waals surface area (Å²) in [5.74, 6) is 1.42. The number of hydrogen-bond acceptors (Lipinski definition) is 6. The number of halogens is 1. The standard InChI is InChI=1S/C16H25N3O4.ClH/c1-6-19(7-2)11-15(20)18-17-10-12-8-13(21-3)16(23-5)14(9-12)22-4;/h8-10H,6-7,11H2,1-5H3,(H,18,20);1H/b17-10+;. The summed E-state index contributed by atoms with van der Waals surface area (Å²) < 4.78 is 15.8. The Hall–Kier alpha value is -1.99. The van der Waals surface area contributed by atoms with Crippen LogP contribution in [-0.2, 0) is 4.79 Å². The molecule has 0 aliphatic heterocycles. The van der Waals surface area contributed by atoms with Crippen LogP contribution in [-0.4, -0.2) is 58.0 Å². The van der Waals surface area contributed by atoms with Crippen LogP contribution in [0.25, 0.3) is 0 Å². The van der Waals surface area contributed by atoms with Crippen LogP contribution >= 0.6 is 12.4 Å². The van der Waals surface area contributed by atoms with Crippen LogP contribution in [0.3, 0.4) is 0 Å². The topological polar surface area (TPSA) is 72.4 Å². The molecule has 0 saturated carbocycles. The number of benzene rings is 1. The molecule has 0 unspecified atom stereocenters. The molecule has 0 atom stereocenters. The highest BCUT2D eigenvalue weighted by Crippen LogP contribution is 2.37. The average Bonchev–Trinajstić information content (AvgIpc) is 2.58. The van der Waals surface area contributed by atoms with Crippen LogP contribution in [0.5, 0.6) is 17.2 Å². The van der Waals surface area contributed by atoms with Gasteiger partial charge >= 0.3 is 0 Å². The number of amides is 1. The maximum Gasteiger partial charge on any atom is 0.254 e. The number of carbonyl (C=O) groups is 1. The second kappa shape index (κ2) is 11.5. The van der Waals surface area contributed by atoms with Gasteiger partial charge in [-0.05, 0) is 25.2 Å². The summed E-state index contributed by atoms with van der Waals surface area (Å²) in [5.41, 5.74) is 3.23. The van der Waals surface area contributed by atoms with Gasteiger partial charge in [-0.15, -0.1) is 12.4 Å². The molecule has 8 heteroatoms. The zero-order chi connectivity index (χ0) is 17.2. The van der Waals surface area contributed by atoms with Crippen molar-refractivity contribution in [1.29, 1.82) is 0 Å². The van der Waals surface area contributed by atoms with E-state index in [0.29, 0.717) is 23.8 Å². The predicted octanol–water partition coefficient (Wildman–Crippen LogP) is 1.93. The van der Waals surface area contributed by atoms with Crippen molar-refractivity contribution >= 4 is 24.5 Å². The fourth-order valence-corrected chi connectivity index (χ4v) is 2.04. The van der Waals surface area contributed by atoms with E-state index in [1.807, 2.05) is 18.7 Å². The summed E-state index contributed by atoms with van der Waals surface area (Å²) in [5, 5.41) is 3.97. The third-order valence-corrected chi connectivity index (χ3v) is 3.35. The van der Waals surface area contributed by atoms with Crippen molar-refractivity contribution < 1.29 is 19.0 Å². The average molecular weight is 360 g/mol. The normalized spacial score (nSPS) is 10.4. The molecule has 1 aromatic rings. The molecule has 0 bridgehead atoms. The predicted molar refractivity (Wildman–Crippen MR) is 96.9 cm³/mol. The van der Waals surface area contributed by atoms with Crippen molar-refractivity contribution in [3.63, 3.8) is 0 Å². The van der Waals surface area contributed by atoms with Crippen molar-refractivity contribution in [2.45, 2.75) is 13.8 Å². The molecule has 1 amide bonds. The molecule has 0 fully saturated rings. The number of nitrogens with one attached hydrogen (secondary N) is 1. The smallest absolute Gasteiger partial charge is 0.254 e. The first-order valence-electron chi connectivity index (χ1n) is 7.43. The van der Waals surface area contributed by atoms with Gasteiger partial charge in [0.25, 0.3) is 5.91 Å². The minimum absolute atomic E-state index is 0. The Labute approximate surface area is 149 Å². The van der Waals surface area contributed by atoms with Gasteiger partial charge in [0.1, 0.15) is 0 Å². The van der Waals surface area contributed by atoms with Gasteiger partial charge in [0.2, 0.25) is 5.75 Å². The number of nitrogens with zero attached hydrogens (tertiary/aromatic N) is 2. The SMILES string of the molecule is CCN(CC)CC(=O)N/N=C/c1cc(OC)c(OC)c(OC)c1.Cl. The summed E-state index contributed by atoms with van der Waals surface area (Å²) in [7, 11) is 4.63. The van der Waals surface area contributed by atoms with Gasteiger partial charge in [0.15, 0.2) is 11.5 Å². The van der Waals surface area contributed by atoms with Gasteiger partial charge in [0.05, 0.1) is 34.1 Å². The van der Waals surface area contributed by atoms with Crippen LogP contribution in [0.2, 0.25) is 0 Å². The maximum absolute atomic E-state index is 11.8. The van der Waals surface area contributed by atoms with Gasteiger partial charge in [-0.3, -0.25) is 9.69 Å². The van der Waals surface area contributed by atoms with E-state index in [-0.39, 0.29) is 18.3 Å². The molecular weight excluding hydrogens is 334 g/mol. The molecular formula is C16H26ClN3O4. The quantitative estimate of drug-likeness (QED) is 0.538. The lowest BCUT2D eigenvalue weighted by Gasteiger charge is -2.16. The Bertz CT molecular complexity index is 523. The van der Waals surface area contributed by atoms with E-state index in [0.717, 1.165) is 18.7 Å². The zero-order valence-electron chi connectivity index (χ0n) is 14.8. The van der Waals surface area contributed by atoms with Gasteiger partial charge in [0, 0.05) is 5.56 Å². The van der Waals surface area contributed by atoms with Crippen molar-refractivity contribution in [2.75, 3.05) is 41.0 Å². The summed E-state index contributed by atoms with van der Waals surface area (Å²) in [6.45, 7) is 5.98. The van der Waals surface area contributed by atoms with Crippen LogP contribution < -0.4 is 19.6 Å². The van der Waals surface area contributed by atoms with E-state index in [2.05, 4.69) is 10.5 Å². The maximum atomic E-state index is 11.8. The lowest BCUT2D eigenvalue weighted by Crippen LogP contribution is -2.35. The second-order valence-corrected chi connectivity index (χ2v) is 4.71. The third kappa shape index (κ3) is 6.25. The first kappa shape index (κ1) is 22.0. The number of rotatable bonds is 9. The fourth-order valence-electron chi connectivity index (χ4n) is 2.04. The molecule has 1 aromatic carbocycles. The lowest BCUT2D eigenvalue weighted by molar-refractivity contribution is -0.122. The molecule has 0 aliphatic carbocycles. The number of hydrogen-bond donors (Lipinski definition) is 1. The zero-order valence-corrected chi connectivity index (χ0v) is 15.6. The molecule has 0 spiro atoms. The van der Waals surface area contributed by atoms with Crippen molar-refractivity contribution in [2.24, 2.45) is 5.10 Å². The minimum Gasteiger partial charge on any atom is -0.493 e. The largest absolute Gasteiger partial charge is 0.493 e. The first-order chi connectivity index (χ1) is 11.1. The molecule has 24 heavy (non-hydrogen) atoms. The van der Waals surface area contributed by atoms with Crippen LogP contribution in [0.1, 0.15) is 19.4 Å². The second-order valence-electron chi connectivity index (χ2n) is 4.71. The molecule has 0 aliphatic rings.